The van der Waals surface area contributed by atoms with Crippen molar-refractivity contribution in [3.63, 3.8) is 0 Å². The second kappa shape index (κ2) is 9.93. The highest BCUT2D eigenvalue weighted by molar-refractivity contribution is 5.87. The normalized spacial score (nSPS) is 11.4. The molecule has 5 rings (SSSR count). The van der Waals surface area contributed by atoms with Crippen molar-refractivity contribution in [3.8, 4) is 28.2 Å². The van der Waals surface area contributed by atoms with Crippen molar-refractivity contribution in [1.82, 2.24) is 34.6 Å². The fourth-order valence-electron chi connectivity index (χ4n) is 3.73. The number of benzene rings is 1. The van der Waals surface area contributed by atoms with Gasteiger partial charge in [-0.15, -0.1) is 15.3 Å². The molecule has 0 unspecified atom stereocenters. The van der Waals surface area contributed by atoms with Crippen molar-refractivity contribution in [2.24, 2.45) is 0 Å². The minimum atomic E-state index is -0.669. The van der Waals surface area contributed by atoms with E-state index in [0.29, 0.717) is 33.8 Å². The number of nitrogens with one attached hydrogen (secondary N) is 2. The van der Waals surface area contributed by atoms with Crippen LogP contribution in [0.3, 0.4) is 0 Å². The number of halogens is 1. The van der Waals surface area contributed by atoms with Gasteiger partial charge in [-0.3, -0.25) is 15.4 Å². The molecule has 4 heterocycles. The van der Waals surface area contributed by atoms with Crippen molar-refractivity contribution >= 4 is 29.4 Å². The summed E-state index contributed by atoms with van der Waals surface area (Å²) in [6.45, 7) is 6.67. The van der Waals surface area contributed by atoms with E-state index < -0.39 is 11.7 Å². The summed E-state index contributed by atoms with van der Waals surface area (Å²) in [5.41, 5.74) is 2.32. The lowest BCUT2D eigenvalue weighted by Crippen LogP contribution is -2.27. The molecule has 4 aromatic heterocycles. The Kier molecular flexibility index (Phi) is 6.48. The summed E-state index contributed by atoms with van der Waals surface area (Å²) in [6, 6.07) is 12.8. The van der Waals surface area contributed by atoms with Crippen molar-refractivity contribution in [3.05, 3.63) is 66.7 Å². The first-order valence-electron chi connectivity index (χ1n) is 11.9. The molecule has 0 saturated heterocycles. The summed E-state index contributed by atoms with van der Waals surface area (Å²) in [6.07, 6.45) is 2.67. The van der Waals surface area contributed by atoms with Crippen molar-refractivity contribution in [1.29, 1.82) is 0 Å². The highest BCUT2D eigenvalue weighted by Crippen LogP contribution is 2.33. The molecule has 2 amide bonds. The molecule has 39 heavy (non-hydrogen) atoms. The molecule has 2 N–H and O–H groups in total. The molecule has 0 atom stereocenters. The molecule has 13 heteroatoms. The van der Waals surface area contributed by atoms with E-state index in [1.165, 1.54) is 23.6 Å². The highest BCUT2D eigenvalue weighted by Gasteiger charge is 2.19. The largest absolute Gasteiger partial charge is 0.444 e. The van der Waals surface area contributed by atoms with E-state index in [2.05, 4.69) is 30.9 Å². The van der Waals surface area contributed by atoms with Crippen LogP contribution in [-0.2, 0) is 9.53 Å². The number of amides is 2. The summed E-state index contributed by atoms with van der Waals surface area (Å²) in [5, 5.41) is 22.5. The smallest absolute Gasteiger partial charge is 0.413 e. The molecule has 0 bridgehead atoms. The van der Waals surface area contributed by atoms with Crippen LogP contribution >= 0.6 is 0 Å². The average Bonchev–Trinajstić information content (AvgIpc) is 3.48. The molecule has 0 aliphatic carbocycles. The molecule has 0 aliphatic heterocycles. The predicted octanol–water partition coefficient (Wildman–Crippen LogP) is 4.48. The van der Waals surface area contributed by atoms with E-state index >= 15 is 0 Å². The van der Waals surface area contributed by atoms with Gasteiger partial charge >= 0.3 is 6.09 Å². The topological polar surface area (TPSA) is 141 Å². The lowest BCUT2D eigenvalue weighted by Gasteiger charge is -2.19. The van der Waals surface area contributed by atoms with Crippen LogP contribution in [0.2, 0.25) is 0 Å². The van der Waals surface area contributed by atoms with Gasteiger partial charge in [0.25, 0.3) is 5.95 Å². The zero-order valence-corrected chi connectivity index (χ0v) is 21.5. The van der Waals surface area contributed by atoms with E-state index in [-0.39, 0.29) is 23.5 Å². The fourth-order valence-corrected chi connectivity index (χ4v) is 3.73. The van der Waals surface area contributed by atoms with E-state index in [0.717, 1.165) is 0 Å². The summed E-state index contributed by atoms with van der Waals surface area (Å²) in [7, 11) is 0. The van der Waals surface area contributed by atoms with Gasteiger partial charge in [0.1, 0.15) is 22.9 Å². The number of nitrogens with zero attached hydrogens (tertiary/aromatic N) is 7. The number of carbonyl (C=O) groups excluding carboxylic acids is 2. The molecule has 198 valence electrons. The van der Waals surface area contributed by atoms with Gasteiger partial charge in [0.05, 0.1) is 0 Å². The summed E-state index contributed by atoms with van der Waals surface area (Å²) in [5.74, 6) is 0.161. The van der Waals surface area contributed by atoms with Crippen LogP contribution in [0.5, 0.6) is 0 Å². The molecule has 5 aromatic rings. The Morgan fingerprint density at radius 2 is 1.72 bits per heavy atom. The SMILES string of the molecule is CC(=O)Nc1nnc2ccc(-n3cc(-c4ccnc(NC(=O)OC(C)(C)C)c4)c(-c4ccc(F)cc4)n3)nn12. The van der Waals surface area contributed by atoms with Gasteiger partial charge in [-0.05, 0) is 74.9 Å². The van der Waals surface area contributed by atoms with Crippen LogP contribution in [0.25, 0.3) is 33.8 Å². The number of carbonyl (C=O) groups is 2. The minimum absolute atomic E-state index is 0.164. The Bertz CT molecular complexity index is 1690. The third kappa shape index (κ3) is 5.71. The molecule has 0 aliphatic rings. The molecule has 0 saturated carbocycles. The number of ether oxygens (including phenoxy) is 1. The Hall–Kier alpha value is -5.20. The fraction of sp³-hybridized carbons (Fsp3) is 0.192. The Morgan fingerprint density at radius 3 is 2.44 bits per heavy atom. The van der Waals surface area contributed by atoms with Crippen LogP contribution in [0.15, 0.2) is 60.9 Å². The second-order valence-corrected chi connectivity index (χ2v) is 9.57. The number of rotatable bonds is 5. The maximum atomic E-state index is 13.7. The van der Waals surface area contributed by atoms with Crippen LogP contribution < -0.4 is 10.6 Å². The monoisotopic (exact) mass is 529 g/mol. The van der Waals surface area contributed by atoms with Gasteiger partial charge in [-0.1, -0.05) is 0 Å². The number of hydrogen-bond donors (Lipinski definition) is 2. The third-order valence-electron chi connectivity index (χ3n) is 5.30. The summed E-state index contributed by atoms with van der Waals surface area (Å²) < 4.78 is 22.0. The van der Waals surface area contributed by atoms with E-state index in [1.807, 2.05) is 0 Å². The highest BCUT2D eigenvalue weighted by atomic mass is 19.1. The van der Waals surface area contributed by atoms with E-state index in [9.17, 15) is 14.0 Å². The number of hydrogen-bond acceptors (Lipinski definition) is 8. The molecule has 12 nitrogen and oxygen atoms in total. The Labute approximate surface area is 221 Å². The lowest BCUT2D eigenvalue weighted by atomic mass is 10.0. The molecular formula is C26H24FN9O3. The van der Waals surface area contributed by atoms with Crippen LogP contribution in [0, 0.1) is 5.82 Å². The first kappa shape index (κ1) is 25.4. The maximum Gasteiger partial charge on any atom is 0.413 e. The number of aromatic nitrogens is 7. The second-order valence-electron chi connectivity index (χ2n) is 9.57. The van der Waals surface area contributed by atoms with E-state index in [1.54, 1.807) is 74.2 Å². The number of fused-ring (bicyclic) bond motifs is 1. The summed E-state index contributed by atoms with van der Waals surface area (Å²) in [4.78, 5) is 28.1. The van der Waals surface area contributed by atoms with Gasteiger partial charge < -0.3 is 4.74 Å². The first-order valence-corrected chi connectivity index (χ1v) is 11.9. The van der Waals surface area contributed by atoms with Crippen LogP contribution in [0.1, 0.15) is 27.7 Å². The summed E-state index contributed by atoms with van der Waals surface area (Å²) >= 11 is 0. The number of anilines is 2. The predicted molar refractivity (Wildman–Crippen MR) is 141 cm³/mol. The quantitative estimate of drug-likeness (QED) is 0.339. The number of pyridine rings is 1. The van der Waals surface area contributed by atoms with Gasteiger partial charge in [0, 0.05) is 30.4 Å². The molecule has 0 spiro atoms. The molecular weight excluding hydrogens is 505 g/mol. The zero-order valence-electron chi connectivity index (χ0n) is 21.5. The van der Waals surface area contributed by atoms with E-state index in [4.69, 9.17) is 9.84 Å². The van der Waals surface area contributed by atoms with Gasteiger partial charge in [0.2, 0.25) is 5.91 Å². The zero-order chi connectivity index (χ0) is 27.7. The minimum Gasteiger partial charge on any atom is -0.444 e. The standard InChI is InChI=1S/C26H24FN9O3/c1-15(37)29-24-32-31-21-9-10-22(33-36(21)24)35-14-19(23(34-35)16-5-7-18(27)8-6-16)17-11-12-28-20(13-17)30-25(38)39-26(2,3)4/h5-14H,1-4H3,(H,28,30,38)(H,29,32,37). The van der Waals surface area contributed by atoms with Crippen molar-refractivity contribution in [2.75, 3.05) is 10.6 Å². The third-order valence-corrected chi connectivity index (χ3v) is 5.30. The van der Waals surface area contributed by atoms with Crippen molar-refractivity contribution in [2.45, 2.75) is 33.3 Å². The van der Waals surface area contributed by atoms with Gasteiger partial charge in [-0.2, -0.15) is 9.61 Å². The lowest BCUT2D eigenvalue weighted by molar-refractivity contribution is -0.114. The molecule has 1 aromatic carbocycles. The maximum absolute atomic E-state index is 13.7. The van der Waals surface area contributed by atoms with Crippen molar-refractivity contribution < 1.29 is 18.7 Å². The molecule has 0 fully saturated rings. The van der Waals surface area contributed by atoms with Gasteiger partial charge in [0.15, 0.2) is 11.5 Å². The Morgan fingerprint density at radius 1 is 0.949 bits per heavy atom. The first-order chi connectivity index (χ1) is 18.6. The van der Waals surface area contributed by atoms with Crippen LogP contribution in [-0.4, -0.2) is 52.2 Å². The van der Waals surface area contributed by atoms with Gasteiger partial charge in [-0.25, -0.2) is 18.9 Å². The Balaban J connectivity index is 1.58. The molecule has 0 radical (unpaired) electrons. The average molecular weight is 530 g/mol. The van der Waals surface area contributed by atoms with Crippen LogP contribution in [0.4, 0.5) is 21.0 Å².